The van der Waals surface area contributed by atoms with Crippen molar-refractivity contribution in [1.29, 1.82) is 0 Å². The van der Waals surface area contributed by atoms with Gasteiger partial charge in [0.15, 0.2) is 5.16 Å². The van der Waals surface area contributed by atoms with E-state index in [0.29, 0.717) is 10.9 Å². The summed E-state index contributed by atoms with van der Waals surface area (Å²) in [6.45, 7) is -2.61. The summed E-state index contributed by atoms with van der Waals surface area (Å²) in [4.78, 5) is 3.95. The molecule has 0 radical (unpaired) electrons. The van der Waals surface area contributed by atoms with E-state index in [1.807, 2.05) is 24.3 Å². The van der Waals surface area contributed by atoms with Crippen molar-refractivity contribution in [3.8, 4) is 11.4 Å². The smallest absolute Gasteiger partial charge is 0.319 e. The predicted octanol–water partition coefficient (Wildman–Crippen LogP) is 3.16. The van der Waals surface area contributed by atoms with Crippen LogP contribution in [-0.2, 0) is 5.75 Å². The number of thioether (sulfide) groups is 1. The second kappa shape index (κ2) is 6.78. The monoisotopic (exact) mass is 337 g/mol. The average molecular weight is 337 g/mol. The lowest BCUT2D eigenvalue weighted by molar-refractivity contribution is 0.0678. The number of alkyl halides is 2. The maximum absolute atomic E-state index is 12.8. The van der Waals surface area contributed by atoms with Gasteiger partial charge in [0.05, 0.1) is 18.6 Å². The maximum atomic E-state index is 12.8. The van der Waals surface area contributed by atoms with Gasteiger partial charge in [-0.25, -0.2) is 4.98 Å². The molecule has 120 valence electrons. The molecule has 0 aliphatic rings. The standard InChI is InChI=1S/C14H13F2N5OS/c1-22-11-5-3-2-4-10(11)21-9-18-19-14(21)23-8-12-17-6-7-20(12)13(15)16/h2-7,9,13H,8H2,1H3. The fourth-order valence-electron chi connectivity index (χ4n) is 2.08. The van der Waals surface area contributed by atoms with E-state index < -0.39 is 6.55 Å². The van der Waals surface area contributed by atoms with Crippen LogP contribution in [0.2, 0.25) is 0 Å². The van der Waals surface area contributed by atoms with E-state index >= 15 is 0 Å². The lowest BCUT2D eigenvalue weighted by Crippen LogP contribution is -2.03. The molecule has 23 heavy (non-hydrogen) atoms. The summed E-state index contributed by atoms with van der Waals surface area (Å²) < 4.78 is 33.6. The van der Waals surface area contributed by atoms with Gasteiger partial charge in [-0.2, -0.15) is 8.78 Å². The van der Waals surface area contributed by atoms with Crippen LogP contribution in [0.5, 0.6) is 5.75 Å². The number of para-hydroxylation sites is 2. The Kier molecular flexibility index (Phi) is 4.56. The normalized spacial score (nSPS) is 11.1. The number of ether oxygens (including phenoxy) is 1. The summed E-state index contributed by atoms with van der Waals surface area (Å²) in [7, 11) is 1.58. The van der Waals surface area contributed by atoms with Gasteiger partial charge in [-0.3, -0.25) is 9.13 Å². The molecule has 9 heteroatoms. The molecule has 0 N–H and O–H groups in total. The van der Waals surface area contributed by atoms with Crippen LogP contribution in [0, 0.1) is 0 Å². The molecule has 0 fully saturated rings. The molecule has 0 spiro atoms. The van der Waals surface area contributed by atoms with Crippen molar-refractivity contribution in [2.75, 3.05) is 7.11 Å². The molecule has 3 aromatic rings. The molecule has 0 atom stereocenters. The molecule has 2 heterocycles. The van der Waals surface area contributed by atoms with E-state index in [1.54, 1.807) is 18.0 Å². The largest absolute Gasteiger partial charge is 0.495 e. The Balaban J connectivity index is 1.83. The molecule has 0 amide bonds. The first-order chi connectivity index (χ1) is 11.2. The van der Waals surface area contributed by atoms with E-state index in [1.165, 1.54) is 24.2 Å². The lowest BCUT2D eigenvalue weighted by atomic mass is 10.3. The highest BCUT2D eigenvalue weighted by Crippen LogP contribution is 2.28. The van der Waals surface area contributed by atoms with Crippen LogP contribution in [0.3, 0.4) is 0 Å². The first-order valence-corrected chi connectivity index (χ1v) is 7.65. The van der Waals surface area contributed by atoms with Gasteiger partial charge in [0.2, 0.25) is 0 Å². The fourth-order valence-corrected chi connectivity index (χ4v) is 2.95. The Labute approximate surface area is 135 Å². The summed E-state index contributed by atoms with van der Waals surface area (Å²) in [6, 6.07) is 7.42. The van der Waals surface area contributed by atoms with Crippen LogP contribution < -0.4 is 4.74 Å². The first-order valence-electron chi connectivity index (χ1n) is 6.66. The Morgan fingerprint density at radius 2 is 2.13 bits per heavy atom. The number of imidazole rings is 1. The van der Waals surface area contributed by atoms with Crippen molar-refractivity contribution >= 4 is 11.8 Å². The van der Waals surface area contributed by atoms with Gasteiger partial charge in [0.1, 0.15) is 17.9 Å². The van der Waals surface area contributed by atoms with Gasteiger partial charge in [0, 0.05) is 12.4 Å². The van der Waals surface area contributed by atoms with Crippen molar-refractivity contribution in [3.63, 3.8) is 0 Å². The first kappa shape index (κ1) is 15.5. The second-order valence-electron chi connectivity index (χ2n) is 4.47. The molecule has 2 aromatic heterocycles. The lowest BCUT2D eigenvalue weighted by Gasteiger charge is -2.11. The zero-order valence-electron chi connectivity index (χ0n) is 12.1. The minimum Gasteiger partial charge on any atom is -0.495 e. The van der Waals surface area contributed by atoms with Crippen LogP contribution >= 0.6 is 11.8 Å². The van der Waals surface area contributed by atoms with Crippen LogP contribution in [-0.4, -0.2) is 31.4 Å². The molecule has 0 saturated heterocycles. The summed E-state index contributed by atoms with van der Waals surface area (Å²) in [5.74, 6) is 1.20. The Morgan fingerprint density at radius 3 is 2.91 bits per heavy atom. The summed E-state index contributed by atoms with van der Waals surface area (Å²) in [6.07, 6.45) is 4.16. The molecular formula is C14H13F2N5OS. The van der Waals surface area contributed by atoms with Crippen molar-refractivity contribution in [1.82, 2.24) is 24.3 Å². The van der Waals surface area contributed by atoms with Gasteiger partial charge >= 0.3 is 6.55 Å². The van der Waals surface area contributed by atoms with Crippen molar-refractivity contribution in [2.45, 2.75) is 17.5 Å². The SMILES string of the molecule is COc1ccccc1-n1cnnc1SCc1nccn1C(F)F. The number of rotatable bonds is 6. The zero-order chi connectivity index (χ0) is 16.2. The molecule has 0 aliphatic carbocycles. The molecular weight excluding hydrogens is 324 g/mol. The van der Waals surface area contributed by atoms with E-state index in [0.717, 1.165) is 10.3 Å². The minimum absolute atomic E-state index is 0.255. The van der Waals surface area contributed by atoms with Crippen LogP contribution in [0.15, 0.2) is 48.1 Å². The van der Waals surface area contributed by atoms with E-state index in [-0.39, 0.29) is 11.6 Å². The highest BCUT2D eigenvalue weighted by Gasteiger charge is 2.15. The number of halogens is 2. The molecule has 0 saturated carbocycles. The van der Waals surface area contributed by atoms with Crippen LogP contribution in [0.25, 0.3) is 5.69 Å². The predicted molar refractivity (Wildman–Crippen MR) is 81.0 cm³/mol. The number of hydrogen-bond donors (Lipinski definition) is 0. The van der Waals surface area contributed by atoms with Gasteiger partial charge in [-0.1, -0.05) is 23.9 Å². The zero-order valence-corrected chi connectivity index (χ0v) is 13.0. The molecule has 6 nitrogen and oxygen atoms in total. The topological polar surface area (TPSA) is 57.8 Å². The van der Waals surface area contributed by atoms with Gasteiger partial charge in [-0.05, 0) is 12.1 Å². The second-order valence-corrected chi connectivity index (χ2v) is 5.41. The quantitative estimate of drug-likeness (QED) is 0.647. The third-order valence-corrected chi connectivity index (χ3v) is 4.09. The highest BCUT2D eigenvalue weighted by molar-refractivity contribution is 7.98. The Hall–Kier alpha value is -2.42. The van der Waals surface area contributed by atoms with Crippen molar-refractivity contribution in [2.24, 2.45) is 0 Å². The molecule has 0 unspecified atom stereocenters. The Bertz CT molecular complexity index is 789. The molecule has 1 aromatic carbocycles. The van der Waals surface area contributed by atoms with Gasteiger partial charge < -0.3 is 4.74 Å². The van der Waals surface area contributed by atoms with Crippen molar-refractivity contribution < 1.29 is 13.5 Å². The van der Waals surface area contributed by atoms with E-state index in [2.05, 4.69) is 15.2 Å². The number of benzene rings is 1. The third kappa shape index (κ3) is 3.19. The van der Waals surface area contributed by atoms with Crippen molar-refractivity contribution in [3.05, 3.63) is 48.8 Å². The average Bonchev–Trinajstić information content (AvgIpc) is 3.21. The van der Waals surface area contributed by atoms with Crippen LogP contribution in [0.1, 0.15) is 12.4 Å². The number of nitrogens with zero attached hydrogens (tertiary/aromatic N) is 5. The number of methoxy groups -OCH3 is 1. The minimum atomic E-state index is -2.61. The fraction of sp³-hybridized carbons (Fsp3) is 0.214. The molecule has 3 rings (SSSR count). The van der Waals surface area contributed by atoms with E-state index in [9.17, 15) is 8.78 Å². The molecule has 0 bridgehead atoms. The summed E-state index contributed by atoms with van der Waals surface area (Å²) in [5.41, 5.74) is 0.778. The number of aromatic nitrogens is 5. The third-order valence-electron chi connectivity index (χ3n) is 3.15. The number of hydrogen-bond acceptors (Lipinski definition) is 5. The van der Waals surface area contributed by atoms with E-state index in [4.69, 9.17) is 4.74 Å². The summed E-state index contributed by atoms with van der Waals surface area (Å²) in [5, 5.41) is 8.50. The summed E-state index contributed by atoms with van der Waals surface area (Å²) >= 11 is 1.27. The highest BCUT2D eigenvalue weighted by atomic mass is 32.2. The molecule has 0 aliphatic heterocycles. The van der Waals surface area contributed by atoms with Gasteiger partial charge in [0.25, 0.3) is 0 Å². The Morgan fingerprint density at radius 1 is 1.30 bits per heavy atom. The maximum Gasteiger partial charge on any atom is 0.319 e. The van der Waals surface area contributed by atoms with Gasteiger partial charge in [-0.15, -0.1) is 10.2 Å². The van der Waals surface area contributed by atoms with Crippen LogP contribution in [0.4, 0.5) is 8.78 Å².